The molecule has 0 N–H and O–H groups in total. The zero-order chi connectivity index (χ0) is 30.6. The molecule has 46 heavy (non-hydrogen) atoms. The summed E-state index contributed by atoms with van der Waals surface area (Å²) in [5, 5.41) is 15.0. The van der Waals surface area contributed by atoms with Gasteiger partial charge in [0.2, 0.25) is 0 Å². The van der Waals surface area contributed by atoms with Gasteiger partial charge in [-0.05, 0) is 54.6 Å². The fourth-order valence-electron chi connectivity index (χ4n) is 6.91. The van der Waals surface area contributed by atoms with Crippen LogP contribution in [0.5, 0.6) is 0 Å². The number of pyridine rings is 2. The van der Waals surface area contributed by atoms with Crippen LogP contribution in [-0.4, -0.2) is 19.1 Å². The first-order valence-electron chi connectivity index (χ1n) is 15.2. The Morgan fingerprint density at radius 2 is 0.935 bits per heavy atom. The normalized spacial score (nSPS) is 11.5. The van der Waals surface area contributed by atoms with E-state index in [0.717, 1.165) is 66.9 Å². The lowest BCUT2D eigenvalue weighted by atomic mass is 10.0. The fraction of sp³-hybridized carbons (Fsp3) is 0. The summed E-state index contributed by atoms with van der Waals surface area (Å²) in [6.07, 6.45) is 1.84. The van der Waals surface area contributed by atoms with Gasteiger partial charge >= 0.3 is 0 Å². The molecule has 0 atom stereocenters. The number of rotatable bonds is 4. The standard InChI is InChI=1S/C41H25N5/c42-26-27-12-9-17-32(40(27)45-36-21-5-1-13-28(36)29-14-2-6-22-37(29)45)34-19-10-20-35(44-34)33-18-11-25-43-41(33)46-38-23-7-3-15-30(38)31-16-4-8-24-39(31)46/h1-25H. The topological polar surface area (TPSA) is 59.4 Å². The Morgan fingerprint density at radius 3 is 1.50 bits per heavy atom. The van der Waals surface area contributed by atoms with E-state index in [0.29, 0.717) is 5.56 Å². The smallest absolute Gasteiger partial charge is 0.147 e. The highest BCUT2D eigenvalue weighted by Crippen LogP contribution is 2.39. The van der Waals surface area contributed by atoms with E-state index in [-0.39, 0.29) is 0 Å². The maximum Gasteiger partial charge on any atom is 0.147 e. The van der Waals surface area contributed by atoms with Crippen LogP contribution in [-0.2, 0) is 0 Å². The molecule has 0 aliphatic rings. The Kier molecular flexibility index (Phi) is 5.81. The second-order valence-corrected chi connectivity index (χ2v) is 11.3. The third kappa shape index (κ3) is 3.81. The molecule has 0 unspecified atom stereocenters. The number of nitriles is 1. The average molecular weight is 588 g/mol. The monoisotopic (exact) mass is 587 g/mol. The molecule has 0 saturated heterocycles. The Balaban J connectivity index is 1.29. The molecule has 0 aliphatic heterocycles. The molecule has 0 amide bonds. The van der Waals surface area contributed by atoms with Crippen LogP contribution < -0.4 is 0 Å². The molecule has 4 aromatic heterocycles. The third-order valence-corrected chi connectivity index (χ3v) is 8.84. The van der Waals surface area contributed by atoms with E-state index in [4.69, 9.17) is 9.97 Å². The van der Waals surface area contributed by atoms with Gasteiger partial charge in [-0.1, -0.05) is 91.0 Å². The lowest BCUT2D eigenvalue weighted by Crippen LogP contribution is -2.03. The van der Waals surface area contributed by atoms with Crippen LogP contribution in [0.4, 0.5) is 0 Å². The Bertz CT molecular complexity index is 2560. The predicted octanol–water partition coefficient (Wildman–Crippen LogP) is 9.88. The van der Waals surface area contributed by atoms with E-state index < -0.39 is 0 Å². The zero-order valence-corrected chi connectivity index (χ0v) is 24.7. The van der Waals surface area contributed by atoms with E-state index in [9.17, 15) is 5.26 Å². The summed E-state index contributed by atoms with van der Waals surface area (Å²) in [5.74, 6) is 0.818. The lowest BCUT2D eigenvalue weighted by Gasteiger charge is -2.16. The van der Waals surface area contributed by atoms with Gasteiger partial charge in [0, 0.05) is 38.9 Å². The number of fused-ring (bicyclic) bond motifs is 6. The van der Waals surface area contributed by atoms with Crippen molar-refractivity contribution in [3.05, 3.63) is 157 Å². The Hall–Kier alpha value is -6.51. The second-order valence-electron chi connectivity index (χ2n) is 11.3. The summed E-state index contributed by atoms with van der Waals surface area (Å²) < 4.78 is 4.44. The van der Waals surface area contributed by atoms with E-state index >= 15 is 0 Å². The van der Waals surface area contributed by atoms with E-state index in [2.05, 4.69) is 112 Å². The maximum atomic E-state index is 10.4. The molecule has 5 aromatic carbocycles. The van der Waals surface area contributed by atoms with Gasteiger partial charge in [-0.2, -0.15) is 5.26 Å². The average Bonchev–Trinajstić information content (AvgIpc) is 3.64. The van der Waals surface area contributed by atoms with Gasteiger partial charge in [0.25, 0.3) is 0 Å². The van der Waals surface area contributed by atoms with Crippen molar-refractivity contribution in [2.75, 3.05) is 0 Å². The molecule has 0 spiro atoms. The first-order chi connectivity index (χ1) is 22.8. The second kappa shape index (κ2) is 10.3. The predicted molar refractivity (Wildman–Crippen MR) is 186 cm³/mol. The van der Waals surface area contributed by atoms with Crippen LogP contribution in [0.15, 0.2) is 152 Å². The summed E-state index contributed by atoms with van der Waals surface area (Å²) in [5.41, 5.74) is 9.08. The molecule has 9 rings (SSSR count). The van der Waals surface area contributed by atoms with Crippen molar-refractivity contribution in [2.45, 2.75) is 0 Å². The van der Waals surface area contributed by atoms with Gasteiger partial charge in [-0.3, -0.25) is 4.57 Å². The van der Waals surface area contributed by atoms with Crippen molar-refractivity contribution in [3.8, 4) is 40.1 Å². The molecule has 0 bridgehead atoms. The fourth-order valence-corrected chi connectivity index (χ4v) is 6.91. The first kappa shape index (κ1) is 25.9. The first-order valence-corrected chi connectivity index (χ1v) is 15.2. The summed E-state index contributed by atoms with van der Waals surface area (Å²) in [4.78, 5) is 10.2. The summed E-state index contributed by atoms with van der Waals surface area (Å²) in [6, 6.07) is 52.1. The van der Waals surface area contributed by atoms with E-state index in [1.165, 1.54) is 10.8 Å². The van der Waals surface area contributed by atoms with Crippen LogP contribution in [0.3, 0.4) is 0 Å². The van der Waals surface area contributed by atoms with Gasteiger partial charge < -0.3 is 4.57 Å². The van der Waals surface area contributed by atoms with E-state index in [1.807, 2.05) is 54.7 Å². The summed E-state index contributed by atoms with van der Waals surface area (Å²) in [7, 11) is 0. The Morgan fingerprint density at radius 1 is 0.457 bits per heavy atom. The number of nitrogens with zero attached hydrogens (tertiary/aromatic N) is 5. The minimum Gasteiger partial charge on any atom is -0.307 e. The summed E-state index contributed by atoms with van der Waals surface area (Å²) >= 11 is 0. The molecular formula is C41H25N5. The van der Waals surface area contributed by atoms with Crippen LogP contribution in [0.1, 0.15) is 5.56 Å². The molecular weight excluding hydrogens is 562 g/mol. The molecule has 0 aliphatic carbocycles. The van der Waals surface area contributed by atoms with Gasteiger partial charge in [0.15, 0.2) is 0 Å². The number of aromatic nitrogens is 4. The highest BCUT2D eigenvalue weighted by molar-refractivity contribution is 6.10. The number of benzene rings is 5. The SMILES string of the molecule is N#Cc1cccc(-c2cccc(-c3cccnc3-n3c4ccccc4c4ccccc43)n2)c1-n1c2ccccc2c2ccccc21. The van der Waals surface area contributed by atoms with Crippen molar-refractivity contribution in [3.63, 3.8) is 0 Å². The number of hydrogen-bond donors (Lipinski definition) is 0. The molecule has 0 radical (unpaired) electrons. The van der Waals surface area contributed by atoms with Crippen LogP contribution >= 0.6 is 0 Å². The molecule has 214 valence electrons. The third-order valence-electron chi connectivity index (χ3n) is 8.84. The van der Waals surface area contributed by atoms with Gasteiger partial charge in [-0.25, -0.2) is 9.97 Å². The molecule has 9 aromatic rings. The van der Waals surface area contributed by atoms with Gasteiger partial charge in [0.05, 0.1) is 44.7 Å². The van der Waals surface area contributed by atoms with Gasteiger partial charge in [-0.15, -0.1) is 0 Å². The van der Waals surface area contributed by atoms with Crippen LogP contribution in [0.2, 0.25) is 0 Å². The summed E-state index contributed by atoms with van der Waals surface area (Å²) in [6.45, 7) is 0. The van der Waals surface area contributed by atoms with Crippen molar-refractivity contribution in [1.29, 1.82) is 5.26 Å². The highest BCUT2D eigenvalue weighted by Gasteiger charge is 2.21. The molecule has 0 saturated carbocycles. The number of hydrogen-bond acceptors (Lipinski definition) is 3. The van der Waals surface area contributed by atoms with Crippen molar-refractivity contribution in [2.24, 2.45) is 0 Å². The minimum atomic E-state index is 0.587. The molecule has 0 fully saturated rings. The van der Waals surface area contributed by atoms with E-state index in [1.54, 1.807) is 0 Å². The van der Waals surface area contributed by atoms with Crippen molar-refractivity contribution >= 4 is 43.6 Å². The largest absolute Gasteiger partial charge is 0.307 e. The number of para-hydroxylation sites is 5. The van der Waals surface area contributed by atoms with Gasteiger partial charge in [0.1, 0.15) is 11.9 Å². The minimum absolute atomic E-state index is 0.587. The van der Waals surface area contributed by atoms with Crippen LogP contribution in [0, 0.1) is 11.3 Å². The molecule has 5 heteroatoms. The highest BCUT2D eigenvalue weighted by atomic mass is 15.1. The van der Waals surface area contributed by atoms with Crippen LogP contribution in [0.25, 0.3) is 77.6 Å². The van der Waals surface area contributed by atoms with Crippen molar-refractivity contribution < 1.29 is 0 Å². The maximum absolute atomic E-state index is 10.4. The molecule has 5 nitrogen and oxygen atoms in total. The zero-order valence-electron chi connectivity index (χ0n) is 24.7. The quantitative estimate of drug-likeness (QED) is 0.206. The lowest BCUT2D eigenvalue weighted by molar-refractivity contribution is 1.08. The van der Waals surface area contributed by atoms with Crippen molar-refractivity contribution in [1.82, 2.24) is 19.1 Å². The Labute approximate surface area is 264 Å². The molecule has 4 heterocycles.